The Balaban J connectivity index is 1.65. The number of aromatic hydroxyl groups is 1. The van der Waals surface area contributed by atoms with Gasteiger partial charge in [0.15, 0.2) is 0 Å². The van der Waals surface area contributed by atoms with Gasteiger partial charge in [-0.3, -0.25) is 0 Å². The van der Waals surface area contributed by atoms with Crippen LogP contribution in [0.3, 0.4) is 0 Å². The van der Waals surface area contributed by atoms with Crippen LogP contribution in [0, 0.1) is 0 Å². The minimum Gasteiger partial charge on any atom is -0.508 e. The summed E-state index contributed by atoms with van der Waals surface area (Å²) < 4.78 is 0. The molecule has 0 saturated carbocycles. The molecule has 1 saturated heterocycles. The van der Waals surface area contributed by atoms with Crippen molar-refractivity contribution in [2.75, 3.05) is 26.7 Å². The molecule has 0 spiro atoms. The van der Waals surface area contributed by atoms with Crippen molar-refractivity contribution in [3.05, 3.63) is 29.8 Å². The fraction of sp³-hybridized carbons (Fsp3) is 0.600. The van der Waals surface area contributed by atoms with Gasteiger partial charge >= 0.3 is 0 Å². The molecule has 2 rings (SSSR count). The molecule has 3 nitrogen and oxygen atoms in total. The maximum Gasteiger partial charge on any atom is 0.115 e. The van der Waals surface area contributed by atoms with Gasteiger partial charge < -0.3 is 15.3 Å². The lowest BCUT2D eigenvalue weighted by Gasteiger charge is -2.32. The number of rotatable bonds is 5. The van der Waals surface area contributed by atoms with Gasteiger partial charge in [0.1, 0.15) is 5.75 Å². The highest BCUT2D eigenvalue weighted by Crippen LogP contribution is 2.14. The van der Waals surface area contributed by atoms with E-state index in [4.69, 9.17) is 0 Å². The number of phenols is 1. The summed E-state index contributed by atoms with van der Waals surface area (Å²) in [6.07, 6.45) is 5.06. The molecule has 0 amide bonds. The highest BCUT2D eigenvalue weighted by molar-refractivity contribution is 5.25. The summed E-state index contributed by atoms with van der Waals surface area (Å²) in [6, 6.07) is 8.20. The summed E-state index contributed by atoms with van der Waals surface area (Å²) in [5.74, 6) is 0.343. The van der Waals surface area contributed by atoms with Crippen LogP contribution in [-0.4, -0.2) is 42.7 Å². The van der Waals surface area contributed by atoms with Gasteiger partial charge in [-0.15, -0.1) is 0 Å². The number of nitrogens with zero attached hydrogens (tertiary/aromatic N) is 1. The fourth-order valence-electron chi connectivity index (χ4n) is 2.57. The second-order valence-corrected chi connectivity index (χ2v) is 5.25. The molecule has 3 heteroatoms. The van der Waals surface area contributed by atoms with Gasteiger partial charge in [-0.05, 0) is 57.1 Å². The van der Waals surface area contributed by atoms with E-state index in [1.54, 1.807) is 12.1 Å². The average Bonchev–Trinajstić information content (AvgIpc) is 2.39. The lowest BCUT2D eigenvalue weighted by atomic mass is 10.0. The summed E-state index contributed by atoms with van der Waals surface area (Å²) in [6.45, 7) is 3.34. The summed E-state index contributed by atoms with van der Waals surface area (Å²) in [5, 5.41) is 12.8. The zero-order valence-electron chi connectivity index (χ0n) is 11.2. The summed E-state index contributed by atoms with van der Waals surface area (Å²) in [5.41, 5.74) is 1.28. The number of piperidine rings is 1. The highest BCUT2D eigenvalue weighted by atomic mass is 16.3. The normalized spacial score (nSPS) is 21.1. The number of benzene rings is 1. The third-order valence-corrected chi connectivity index (χ3v) is 3.83. The van der Waals surface area contributed by atoms with E-state index in [-0.39, 0.29) is 0 Å². The van der Waals surface area contributed by atoms with Gasteiger partial charge in [-0.2, -0.15) is 0 Å². The van der Waals surface area contributed by atoms with E-state index in [1.807, 2.05) is 12.1 Å². The van der Waals surface area contributed by atoms with Gasteiger partial charge in [0.05, 0.1) is 0 Å². The van der Waals surface area contributed by atoms with Crippen LogP contribution in [0.15, 0.2) is 24.3 Å². The van der Waals surface area contributed by atoms with Crippen LogP contribution in [0.2, 0.25) is 0 Å². The van der Waals surface area contributed by atoms with Crippen molar-refractivity contribution in [1.82, 2.24) is 10.2 Å². The Morgan fingerprint density at radius 3 is 2.78 bits per heavy atom. The molecule has 1 atom stereocenters. The molecule has 1 heterocycles. The van der Waals surface area contributed by atoms with Crippen molar-refractivity contribution in [2.24, 2.45) is 0 Å². The first-order valence-corrected chi connectivity index (χ1v) is 6.94. The molecule has 100 valence electrons. The second kappa shape index (κ2) is 6.76. The van der Waals surface area contributed by atoms with Gasteiger partial charge in [-0.1, -0.05) is 18.6 Å². The van der Waals surface area contributed by atoms with Gasteiger partial charge in [0.25, 0.3) is 0 Å². The van der Waals surface area contributed by atoms with Crippen molar-refractivity contribution < 1.29 is 5.11 Å². The standard InChI is InChI=1S/C15H24N2O/c1-17-11-3-2-4-14(17)12-16-10-9-13-5-7-15(18)8-6-13/h5-8,14,16,18H,2-4,9-12H2,1H3. The zero-order valence-corrected chi connectivity index (χ0v) is 11.2. The van der Waals surface area contributed by atoms with E-state index < -0.39 is 0 Å². The first kappa shape index (κ1) is 13.4. The molecule has 2 N–H and O–H groups in total. The van der Waals surface area contributed by atoms with E-state index in [0.717, 1.165) is 19.5 Å². The van der Waals surface area contributed by atoms with E-state index in [2.05, 4.69) is 17.3 Å². The van der Waals surface area contributed by atoms with Crippen LogP contribution in [0.1, 0.15) is 24.8 Å². The van der Waals surface area contributed by atoms with Crippen LogP contribution in [0.25, 0.3) is 0 Å². The zero-order chi connectivity index (χ0) is 12.8. The summed E-state index contributed by atoms with van der Waals surface area (Å²) in [7, 11) is 2.23. The third kappa shape index (κ3) is 4.00. The van der Waals surface area contributed by atoms with Gasteiger partial charge in [-0.25, -0.2) is 0 Å². The number of nitrogens with one attached hydrogen (secondary N) is 1. The molecular formula is C15H24N2O. The average molecular weight is 248 g/mol. The van der Waals surface area contributed by atoms with Crippen molar-refractivity contribution >= 4 is 0 Å². The summed E-state index contributed by atoms with van der Waals surface area (Å²) in [4.78, 5) is 2.47. The predicted octanol–water partition coefficient (Wildman–Crippen LogP) is 2.01. The Morgan fingerprint density at radius 2 is 2.06 bits per heavy atom. The molecule has 1 aromatic rings. The molecule has 0 radical (unpaired) electrons. The maximum atomic E-state index is 9.21. The van der Waals surface area contributed by atoms with Crippen molar-refractivity contribution in [2.45, 2.75) is 31.7 Å². The molecule has 18 heavy (non-hydrogen) atoms. The molecule has 1 fully saturated rings. The SMILES string of the molecule is CN1CCCCC1CNCCc1ccc(O)cc1. The van der Waals surface area contributed by atoms with Crippen molar-refractivity contribution in [3.63, 3.8) is 0 Å². The van der Waals surface area contributed by atoms with E-state index in [0.29, 0.717) is 11.8 Å². The van der Waals surface area contributed by atoms with Crippen LogP contribution in [0.4, 0.5) is 0 Å². The Bertz CT molecular complexity index is 350. The third-order valence-electron chi connectivity index (χ3n) is 3.83. The monoisotopic (exact) mass is 248 g/mol. The van der Waals surface area contributed by atoms with Gasteiger partial charge in [0, 0.05) is 12.6 Å². The summed E-state index contributed by atoms with van der Waals surface area (Å²) >= 11 is 0. The Morgan fingerprint density at radius 1 is 1.28 bits per heavy atom. The van der Waals surface area contributed by atoms with Crippen molar-refractivity contribution in [1.29, 1.82) is 0 Å². The van der Waals surface area contributed by atoms with E-state index in [9.17, 15) is 5.11 Å². The Kier molecular flexibility index (Phi) is 5.02. The predicted molar refractivity (Wildman–Crippen MR) is 74.9 cm³/mol. The smallest absolute Gasteiger partial charge is 0.115 e. The van der Waals surface area contributed by atoms with E-state index >= 15 is 0 Å². The van der Waals surface area contributed by atoms with Crippen LogP contribution in [0.5, 0.6) is 5.75 Å². The second-order valence-electron chi connectivity index (χ2n) is 5.25. The van der Waals surface area contributed by atoms with Crippen LogP contribution < -0.4 is 5.32 Å². The minimum absolute atomic E-state index is 0.343. The quantitative estimate of drug-likeness (QED) is 0.782. The lowest BCUT2D eigenvalue weighted by Crippen LogP contribution is -2.43. The van der Waals surface area contributed by atoms with Crippen LogP contribution >= 0.6 is 0 Å². The fourth-order valence-corrected chi connectivity index (χ4v) is 2.57. The molecule has 1 aliphatic heterocycles. The number of hydrogen-bond donors (Lipinski definition) is 2. The lowest BCUT2D eigenvalue weighted by molar-refractivity contribution is 0.182. The van der Waals surface area contributed by atoms with Crippen LogP contribution in [-0.2, 0) is 6.42 Å². The molecule has 1 aromatic carbocycles. The molecule has 1 aliphatic rings. The largest absolute Gasteiger partial charge is 0.508 e. The first-order chi connectivity index (χ1) is 8.75. The number of phenolic OH excluding ortho intramolecular Hbond substituents is 1. The maximum absolute atomic E-state index is 9.21. The molecule has 1 unspecified atom stereocenters. The minimum atomic E-state index is 0.343. The first-order valence-electron chi connectivity index (χ1n) is 6.94. The number of hydrogen-bond acceptors (Lipinski definition) is 3. The molecule has 0 aliphatic carbocycles. The van der Waals surface area contributed by atoms with E-state index in [1.165, 1.54) is 31.4 Å². The highest BCUT2D eigenvalue weighted by Gasteiger charge is 2.17. The molecular weight excluding hydrogens is 224 g/mol. The number of likely N-dealkylation sites (tertiary alicyclic amines) is 1. The number of likely N-dealkylation sites (N-methyl/N-ethyl adjacent to an activating group) is 1. The Hall–Kier alpha value is -1.06. The molecule has 0 aromatic heterocycles. The topological polar surface area (TPSA) is 35.5 Å². The van der Waals surface area contributed by atoms with Gasteiger partial charge in [0.2, 0.25) is 0 Å². The Labute approximate surface area is 110 Å². The van der Waals surface area contributed by atoms with Crippen molar-refractivity contribution in [3.8, 4) is 5.75 Å². The molecule has 0 bridgehead atoms.